The fourth-order valence-electron chi connectivity index (χ4n) is 0.979. The Morgan fingerprint density at radius 2 is 1.81 bits per heavy atom. The number of ketones is 1. The van der Waals surface area contributed by atoms with Gasteiger partial charge in [0.15, 0.2) is 5.78 Å². The lowest BCUT2D eigenvalue weighted by Gasteiger charge is -2.06. The monoisotopic (exact) mass is 344 g/mol. The molecule has 1 aromatic carbocycles. The van der Waals surface area contributed by atoms with Crippen LogP contribution in [0.25, 0.3) is 0 Å². The highest BCUT2D eigenvalue weighted by Gasteiger charge is 2.27. The van der Waals surface area contributed by atoms with Crippen LogP contribution < -0.4 is 0 Å². The number of ether oxygens (including phenoxy) is 1. The van der Waals surface area contributed by atoms with Gasteiger partial charge < -0.3 is 4.74 Å². The molecular formula is C10H8F3IO2. The van der Waals surface area contributed by atoms with Gasteiger partial charge in [-0.2, -0.15) is 13.2 Å². The Labute approximate surface area is 104 Å². The van der Waals surface area contributed by atoms with Crippen molar-refractivity contribution in [2.24, 2.45) is 0 Å². The Hall–Kier alpha value is -0.630. The molecule has 1 aromatic rings. The summed E-state index contributed by atoms with van der Waals surface area (Å²) < 4.78 is 40.4. The van der Waals surface area contributed by atoms with Gasteiger partial charge in [-0.15, -0.1) is 0 Å². The van der Waals surface area contributed by atoms with E-state index >= 15 is 0 Å². The number of carbonyl (C=O) groups is 1. The number of alkyl halides is 3. The number of hydrogen-bond acceptors (Lipinski definition) is 2. The van der Waals surface area contributed by atoms with E-state index in [0.717, 1.165) is 3.57 Å². The molecule has 0 atom stereocenters. The van der Waals surface area contributed by atoms with E-state index in [1.807, 2.05) is 0 Å². The SMILES string of the molecule is O=C(COCC(F)(F)F)c1ccc(I)cc1. The minimum absolute atomic E-state index is 0.350. The third kappa shape index (κ3) is 4.93. The summed E-state index contributed by atoms with van der Waals surface area (Å²) in [6, 6.07) is 6.53. The van der Waals surface area contributed by atoms with Crippen LogP contribution in [-0.2, 0) is 4.74 Å². The molecule has 0 aliphatic carbocycles. The topological polar surface area (TPSA) is 26.3 Å². The molecule has 0 aromatic heterocycles. The average molecular weight is 344 g/mol. The van der Waals surface area contributed by atoms with Gasteiger partial charge in [-0.25, -0.2) is 0 Å². The highest BCUT2D eigenvalue weighted by Crippen LogP contribution is 2.14. The van der Waals surface area contributed by atoms with Crippen molar-refractivity contribution in [3.63, 3.8) is 0 Å². The third-order valence-corrected chi connectivity index (χ3v) is 2.38. The van der Waals surface area contributed by atoms with E-state index in [-0.39, 0.29) is 0 Å². The van der Waals surface area contributed by atoms with E-state index < -0.39 is 25.2 Å². The number of rotatable bonds is 4. The van der Waals surface area contributed by atoms with Crippen molar-refractivity contribution in [1.82, 2.24) is 0 Å². The van der Waals surface area contributed by atoms with Gasteiger partial charge in [0, 0.05) is 9.13 Å². The number of benzene rings is 1. The van der Waals surface area contributed by atoms with E-state index in [1.165, 1.54) is 0 Å². The lowest BCUT2D eigenvalue weighted by atomic mass is 10.1. The van der Waals surface area contributed by atoms with E-state index in [1.54, 1.807) is 24.3 Å². The van der Waals surface area contributed by atoms with Crippen LogP contribution in [0.15, 0.2) is 24.3 Å². The summed E-state index contributed by atoms with van der Waals surface area (Å²) in [6.45, 7) is -1.96. The van der Waals surface area contributed by atoms with Crippen molar-refractivity contribution in [3.05, 3.63) is 33.4 Å². The van der Waals surface area contributed by atoms with Crippen LogP contribution in [0, 0.1) is 3.57 Å². The first-order valence-electron chi connectivity index (χ1n) is 4.32. The van der Waals surface area contributed by atoms with E-state index in [0.29, 0.717) is 5.56 Å². The van der Waals surface area contributed by atoms with E-state index in [9.17, 15) is 18.0 Å². The lowest BCUT2D eigenvalue weighted by Crippen LogP contribution is -2.20. The van der Waals surface area contributed by atoms with Crippen molar-refractivity contribution in [3.8, 4) is 0 Å². The molecule has 16 heavy (non-hydrogen) atoms. The van der Waals surface area contributed by atoms with Crippen molar-refractivity contribution < 1.29 is 22.7 Å². The maximum atomic E-state index is 11.7. The van der Waals surface area contributed by atoms with Crippen molar-refractivity contribution in [2.75, 3.05) is 13.2 Å². The van der Waals surface area contributed by atoms with Gasteiger partial charge in [0.05, 0.1) is 0 Å². The summed E-state index contributed by atoms with van der Waals surface area (Å²) in [5.41, 5.74) is 0.350. The second-order valence-electron chi connectivity index (χ2n) is 3.04. The largest absolute Gasteiger partial charge is 0.411 e. The third-order valence-electron chi connectivity index (χ3n) is 1.67. The number of hydrogen-bond donors (Lipinski definition) is 0. The van der Waals surface area contributed by atoms with Gasteiger partial charge >= 0.3 is 6.18 Å². The summed E-state index contributed by atoms with van der Waals surface area (Å²) in [5.74, 6) is -0.458. The maximum Gasteiger partial charge on any atom is 0.411 e. The Kier molecular flexibility index (Phi) is 4.72. The number of carbonyl (C=O) groups excluding carboxylic acids is 1. The molecule has 0 bridgehead atoms. The van der Waals surface area contributed by atoms with Crippen LogP contribution in [0.3, 0.4) is 0 Å². The van der Waals surface area contributed by atoms with Gasteiger partial charge in [-0.3, -0.25) is 4.79 Å². The summed E-state index contributed by atoms with van der Waals surface area (Å²) in [5, 5.41) is 0. The van der Waals surface area contributed by atoms with Crippen LogP contribution in [0.4, 0.5) is 13.2 Å². The van der Waals surface area contributed by atoms with Gasteiger partial charge in [0.25, 0.3) is 0 Å². The molecule has 0 saturated carbocycles. The van der Waals surface area contributed by atoms with E-state index in [4.69, 9.17) is 0 Å². The zero-order chi connectivity index (χ0) is 12.2. The minimum Gasteiger partial charge on any atom is -0.364 e. The molecule has 0 radical (unpaired) electrons. The van der Waals surface area contributed by atoms with Crippen LogP contribution in [0.2, 0.25) is 0 Å². The Morgan fingerprint density at radius 1 is 1.25 bits per heavy atom. The normalized spacial score (nSPS) is 11.5. The van der Waals surface area contributed by atoms with Gasteiger partial charge in [-0.1, -0.05) is 12.1 Å². The zero-order valence-corrected chi connectivity index (χ0v) is 10.2. The van der Waals surface area contributed by atoms with E-state index in [2.05, 4.69) is 27.3 Å². The highest BCUT2D eigenvalue weighted by atomic mass is 127. The molecule has 0 aliphatic heterocycles. The number of halogens is 4. The average Bonchev–Trinajstić information content (AvgIpc) is 2.16. The molecule has 88 valence electrons. The summed E-state index contributed by atoms with van der Waals surface area (Å²) in [6.07, 6.45) is -4.40. The maximum absolute atomic E-state index is 11.7. The Balaban J connectivity index is 2.44. The molecule has 1 rings (SSSR count). The predicted octanol–water partition coefficient (Wildman–Crippen LogP) is 3.05. The minimum atomic E-state index is -4.40. The Morgan fingerprint density at radius 3 is 2.31 bits per heavy atom. The van der Waals surface area contributed by atoms with Crippen LogP contribution in [0.5, 0.6) is 0 Å². The molecule has 0 N–H and O–H groups in total. The molecule has 0 amide bonds. The van der Waals surface area contributed by atoms with Crippen LogP contribution in [-0.4, -0.2) is 25.2 Å². The summed E-state index contributed by atoms with van der Waals surface area (Å²) in [7, 11) is 0. The molecule has 0 saturated heterocycles. The van der Waals surface area contributed by atoms with Crippen molar-refractivity contribution in [2.45, 2.75) is 6.18 Å². The number of Topliss-reactive ketones (excluding diaryl/α,β-unsaturated/α-hetero) is 1. The Bertz CT molecular complexity index is 359. The van der Waals surface area contributed by atoms with Crippen LogP contribution in [0.1, 0.15) is 10.4 Å². The molecular weight excluding hydrogens is 336 g/mol. The first kappa shape index (κ1) is 13.4. The standard InChI is InChI=1S/C10H8F3IO2/c11-10(12,13)6-16-5-9(15)7-1-3-8(14)4-2-7/h1-4H,5-6H2. The second kappa shape index (κ2) is 5.62. The van der Waals surface area contributed by atoms with Gasteiger partial charge in [-0.05, 0) is 34.7 Å². The van der Waals surface area contributed by atoms with Crippen molar-refractivity contribution >= 4 is 28.4 Å². The molecule has 2 nitrogen and oxygen atoms in total. The van der Waals surface area contributed by atoms with Crippen LogP contribution >= 0.6 is 22.6 Å². The highest BCUT2D eigenvalue weighted by molar-refractivity contribution is 14.1. The van der Waals surface area contributed by atoms with Gasteiger partial charge in [0.2, 0.25) is 0 Å². The second-order valence-corrected chi connectivity index (χ2v) is 4.28. The summed E-state index contributed by atoms with van der Waals surface area (Å²) in [4.78, 5) is 11.3. The van der Waals surface area contributed by atoms with Gasteiger partial charge in [0.1, 0.15) is 13.2 Å². The molecule has 0 heterocycles. The molecule has 0 unspecified atom stereocenters. The van der Waals surface area contributed by atoms with Crippen molar-refractivity contribution in [1.29, 1.82) is 0 Å². The molecule has 0 fully saturated rings. The molecule has 0 spiro atoms. The fourth-order valence-corrected chi connectivity index (χ4v) is 1.34. The predicted molar refractivity (Wildman–Crippen MR) is 60.4 cm³/mol. The molecule has 0 aliphatic rings. The summed E-state index contributed by atoms with van der Waals surface area (Å²) >= 11 is 2.07. The fraction of sp³-hybridized carbons (Fsp3) is 0.300. The quantitative estimate of drug-likeness (QED) is 0.620. The molecule has 6 heteroatoms. The first-order chi connectivity index (χ1) is 7.38. The first-order valence-corrected chi connectivity index (χ1v) is 5.39. The smallest absolute Gasteiger partial charge is 0.364 e. The lowest BCUT2D eigenvalue weighted by molar-refractivity contribution is -0.170. The zero-order valence-electron chi connectivity index (χ0n) is 8.05.